The topological polar surface area (TPSA) is 75.8 Å². The van der Waals surface area contributed by atoms with Gasteiger partial charge in [0.1, 0.15) is 22.7 Å². The normalized spacial score (nSPS) is 20.1. The van der Waals surface area contributed by atoms with Gasteiger partial charge in [0.15, 0.2) is 0 Å². The minimum Gasteiger partial charge on any atom is -0.444 e. The Morgan fingerprint density at radius 1 is 1.41 bits per heavy atom. The minimum atomic E-state index is -1.03. The molecule has 1 aromatic heterocycles. The van der Waals surface area contributed by atoms with Crippen LogP contribution in [0.2, 0.25) is 0 Å². The minimum absolute atomic E-state index is 0.0878. The van der Waals surface area contributed by atoms with Gasteiger partial charge in [0, 0.05) is 25.1 Å². The summed E-state index contributed by atoms with van der Waals surface area (Å²) in [5.74, 6) is 0.801. The van der Waals surface area contributed by atoms with Crippen LogP contribution in [0.25, 0.3) is 0 Å². The predicted molar refractivity (Wildman–Crippen MR) is 81.5 cm³/mol. The number of carbonyl (C=O) groups excluding carboxylic acids is 1. The van der Waals surface area contributed by atoms with Crippen LogP contribution in [0.4, 0.5) is 4.79 Å². The van der Waals surface area contributed by atoms with Crippen molar-refractivity contribution in [1.29, 1.82) is 0 Å². The highest BCUT2D eigenvalue weighted by Crippen LogP contribution is 2.30. The quantitative estimate of drug-likeness (QED) is 0.908. The van der Waals surface area contributed by atoms with E-state index < -0.39 is 11.2 Å². The third-order valence-electron chi connectivity index (χ3n) is 3.63. The van der Waals surface area contributed by atoms with Gasteiger partial charge in [-0.1, -0.05) is 5.16 Å². The first kappa shape index (κ1) is 16.8. The summed E-state index contributed by atoms with van der Waals surface area (Å²) >= 11 is 0. The third kappa shape index (κ3) is 4.22. The number of rotatable bonds is 2. The van der Waals surface area contributed by atoms with Crippen molar-refractivity contribution in [1.82, 2.24) is 10.1 Å². The number of piperidine rings is 1. The summed E-state index contributed by atoms with van der Waals surface area (Å²) in [6, 6.07) is 1.78. The molecule has 1 unspecified atom stereocenters. The van der Waals surface area contributed by atoms with Gasteiger partial charge in [0.05, 0.1) is 0 Å². The van der Waals surface area contributed by atoms with E-state index in [1.807, 2.05) is 20.8 Å². The number of aromatic nitrogens is 1. The molecule has 0 spiro atoms. The number of ether oxygens (including phenoxy) is 1. The molecule has 0 radical (unpaired) electrons. The highest BCUT2D eigenvalue weighted by molar-refractivity contribution is 5.68. The molecule has 1 aliphatic rings. The molecule has 2 heterocycles. The van der Waals surface area contributed by atoms with E-state index in [0.29, 0.717) is 24.5 Å². The Morgan fingerprint density at radius 3 is 2.64 bits per heavy atom. The van der Waals surface area contributed by atoms with Gasteiger partial charge in [-0.25, -0.2) is 4.79 Å². The van der Waals surface area contributed by atoms with E-state index >= 15 is 0 Å². The fourth-order valence-electron chi connectivity index (χ4n) is 2.47. The molecule has 0 aliphatic carbocycles. The smallest absolute Gasteiger partial charge is 0.410 e. The van der Waals surface area contributed by atoms with Crippen molar-refractivity contribution in [3.05, 3.63) is 17.5 Å². The van der Waals surface area contributed by atoms with Crippen molar-refractivity contribution < 1.29 is 19.2 Å². The zero-order valence-electron chi connectivity index (χ0n) is 14.0. The van der Waals surface area contributed by atoms with Gasteiger partial charge in [-0.15, -0.1) is 0 Å². The Hall–Kier alpha value is -1.56. The molecule has 0 bridgehead atoms. The van der Waals surface area contributed by atoms with E-state index in [4.69, 9.17) is 9.26 Å². The van der Waals surface area contributed by atoms with E-state index in [2.05, 4.69) is 5.16 Å². The third-order valence-corrected chi connectivity index (χ3v) is 3.63. The van der Waals surface area contributed by atoms with Gasteiger partial charge >= 0.3 is 6.09 Å². The molecule has 22 heavy (non-hydrogen) atoms. The van der Waals surface area contributed by atoms with Crippen LogP contribution >= 0.6 is 0 Å². The standard InChI is InChI=1S/C16H26N2O4/c1-15(2,3)21-14(19)18-8-6-7-11(10-18)12-9-13(17-22-12)16(4,5)20/h9,11,20H,6-8,10H2,1-5H3. The molecular weight excluding hydrogens is 284 g/mol. The van der Waals surface area contributed by atoms with Crippen molar-refractivity contribution in [3.63, 3.8) is 0 Å². The van der Waals surface area contributed by atoms with Crippen LogP contribution in [-0.2, 0) is 10.3 Å². The van der Waals surface area contributed by atoms with Gasteiger partial charge in [0.2, 0.25) is 0 Å². The molecule has 1 saturated heterocycles. The molecule has 6 nitrogen and oxygen atoms in total. The highest BCUT2D eigenvalue weighted by Gasteiger charge is 2.31. The maximum absolute atomic E-state index is 12.2. The fraction of sp³-hybridized carbons (Fsp3) is 0.750. The molecule has 1 N–H and O–H groups in total. The second-order valence-corrected chi connectivity index (χ2v) is 7.44. The highest BCUT2D eigenvalue weighted by atomic mass is 16.6. The zero-order chi connectivity index (χ0) is 16.5. The lowest BCUT2D eigenvalue weighted by Crippen LogP contribution is -2.42. The van der Waals surface area contributed by atoms with Gasteiger partial charge in [-0.2, -0.15) is 0 Å². The molecule has 0 saturated carbocycles. The number of nitrogens with zero attached hydrogens (tertiary/aromatic N) is 2. The van der Waals surface area contributed by atoms with Crippen molar-refractivity contribution in [2.75, 3.05) is 13.1 Å². The summed E-state index contributed by atoms with van der Waals surface area (Å²) in [6.45, 7) is 10.2. The van der Waals surface area contributed by atoms with Crippen LogP contribution in [0, 0.1) is 0 Å². The Labute approximate surface area is 131 Å². The maximum atomic E-state index is 12.2. The lowest BCUT2D eigenvalue weighted by atomic mass is 9.94. The first-order chi connectivity index (χ1) is 10.1. The summed E-state index contributed by atoms with van der Waals surface area (Å²) in [7, 11) is 0. The summed E-state index contributed by atoms with van der Waals surface area (Å²) in [5, 5.41) is 13.9. The summed E-state index contributed by atoms with van der Waals surface area (Å²) < 4.78 is 10.8. The molecule has 1 aliphatic heterocycles. The van der Waals surface area contributed by atoms with Crippen LogP contribution in [0.5, 0.6) is 0 Å². The van der Waals surface area contributed by atoms with Gasteiger partial charge in [0.25, 0.3) is 0 Å². The lowest BCUT2D eigenvalue weighted by molar-refractivity contribution is 0.0190. The average Bonchev–Trinajstić information content (AvgIpc) is 2.86. The number of hydrogen-bond donors (Lipinski definition) is 1. The summed E-state index contributed by atoms with van der Waals surface area (Å²) in [6.07, 6.45) is 1.53. The van der Waals surface area contributed by atoms with Crippen molar-refractivity contribution in [2.45, 2.75) is 64.6 Å². The number of carbonyl (C=O) groups is 1. The SMILES string of the molecule is CC(C)(C)OC(=O)N1CCCC(c2cc(C(C)(C)O)no2)C1. The van der Waals surface area contributed by atoms with Gasteiger partial charge in [-0.05, 0) is 47.5 Å². The Bertz CT molecular complexity index is 525. The molecule has 1 atom stereocenters. The fourth-order valence-corrected chi connectivity index (χ4v) is 2.47. The number of aliphatic hydroxyl groups is 1. The van der Waals surface area contributed by atoms with E-state index in [0.717, 1.165) is 12.8 Å². The van der Waals surface area contributed by atoms with E-state index in [9.17, 15) is 9.90 Å². The monoisotopic (exact) mass is 310 g/mol. The van der Waals surface area contributed by atoms with Crippen LogP contribution in [-0.4, -0.2) is 39.9 Å². The van der Waals surface area contributed by atoms with Crippen LogP contribution in [0.1, 0.15) is 64.8 Å². The predicted octanol–water partition coefficient (Wildman–Crippen LogP) is 3.02. The maximum Gasteiger partial charge on any atom is 0.410 e. The van der Waals surface area contributed by atoms with Crippen molar-refractivity contribution >= 4 is 6.09 Å². The second kappa shape index (κ2) is 5.91. The van der Waals surface area contributed by atoms with Crippen LogP contribution in [0.3, 0.4) is 0 Å². The molecule has 2 rings (SSSR count). The number of hydrogen-bond acceptors (Lipinski definition) is 5. The second-order valence-electron chi connectivity index (χ2n) is 7.44. The molecule has 1 aromatic rings. The Kier molecular flexibility index (Phi) is 4.52. The van der Waals surface area contributed by atoms with E-state index in [1.165, 1.54) is 0 Å². The Morgan fingerprint density at radius 2 is 2.09 bits per heavy atom. The Balaban J connectivity index is 2.04. The van der Waals surface area contributed by atoms with Crippen LogP contribution in [0.15, 0.2) is 10.6 Å². The molecule has 1 fully saturated rings. The lowest BCUT2D eigenvalue weighted by Gasteiger charge is -2.33. The molecule has 6 heteroatoms. The molecule has 124 valence electrons. The van der Waals surface area contributed by atoms with Crippen molar-refractivity contribution in [3.8, 4) is 0 Å². The molecule has 1 amide bonds. The zero-order valence-corrected chi connectivity index (χ0v) is 14.0. The summed E-state index contributed by atoms with van der Waals surface area (Å²) in [4.78, 5) is 13.9. The number of likely N-dealkylation sites (tertiary alicyclic amines) is 1. The summed E-state index contributed by atoms with van der Waals surface area (Å²) in [5.41, 5.74) is -1.01. The largest absolute Gasteiger partial charge is 0.444 e. The first-order valence-electron chi connectivity index (χ1n) is 7.73. The number of amides is 1. The van der Waals surface area contributed by atoms with Gasteiger partial charge < -0.3 is 19.3 Å². The molecule has 0 aromatic carbocycles. The van der Waals surface area contributed by atoms with E-state index in [1.54, 1.807) is 24.8 Å². The first-order valence-corrected chi connectivity index (χ1v) is 7.73. The van der Waals surface area contributed by atoms with Crippen molar-refractivity contribution in [2.24, 2.45) is 0 Å². The van der Waals surface area contributed by atoms with Gasteiger partial charge in [-0.3, -0.25) is 0 Å². The van der Waals surface area contributed by atoms with E-state index in [-0.39, 0.29) is 12.0 Å². The van der Waals surface area contributed by atoms with Crippen LogP contribution < -0.4 is 0 Å². The molecular formula is C16H26N2O4. The average molecular weight is 310 g/mol.